The van der Waals surface area contributed by atoms with Crippen LogP contribution in [0.3, 0.4) is 0 Å². The monoisotopic (exact) mass is 458 g/mol. The van der Waals surface area contributed by atoms with E-state index in [1.807, 2.05) is 0 Å². The van der Waals surface area contributed by atoms with E-state index in [0.29, 0.717) is 17.1 Å². The lowest BCUT2D eigenvalue weighted by molar-refractivity contribution is 0.395. The van der Waals surface area contributed by atoms with Gasteiger partial charge < -0.3 is 10.1 Å². The van der Waals surface area contributed by atoms with Crippen LogP contribution in [-0.4, -0.2) is 26.5 Å². The molecule has 2 N–H and O–H groups in total. The number of fused-ring (bicyclic) bond motifs is 1. The average molecular weight is 458 g/mol. The van der Waals surface area contributed by atoms with E-state index in [2.05, 4.69) is 20.0 Å². The van der Waals surface area contributed by atoms with Gasteiger partial charge in [-0.05, 0) is 35.9 Å². The third-order valence-electron chi connectivity index (χ3n) is 5.06. The molecule has 2 heterocycles. The molecule has 10 heteroatoms. The van der Waals surface area contributed by atoms with Crippen molar-refractivity contribution in [1.29, 1.82) is 0 Å². The molecule has 3 aromatic rings. The highest BCUT2D eigenvalue weighted by molar-refractivity contribution is 7.90. The predicted molar refractivity (Wildman–Crippen MR) is 116 cm³/mol. The number of pyridine rings is 1. The maximum Gasteiger partial charge on any atom is 0.266 e. The van der Waals surface area contributed by atoms with Crippen molar-refractivity contribution < 1.29 is 21.9 Å². The van der Waals surface area contributed by atoms with E-state index in [1.54, 1.807) is 31.2 Å². The molecule has 0 amide bonds. The summed E-state index contributed by atoms with van der Waals surface area (Å²) in [5, 5.41) is 2.89. The summed E-state index contributed by atoms with van der Waals surface area (Å²) in [7, 11) is -2.53. The second-order valence-electron chi connectivity index (χ2n) is 7.19. The molecular weight excluding hydrogens is 438 g/mol. The third-order valence-corrected chi connectivity index (χ3v) is 6.44. The predicted octanol–water partition coefficient (Wildman–Crippen LogP) is 3.78. The van der Waals surface area contributed by atoms with Crippen LogP contribution in [0.25, 0.3) is 0 Å². The Kier molecular flexibility index (Phi) is 5.79. The van der Waals surface area contributed by atoms with Gasteiger partial charge in [0, 0.05) is 17.5 Å². The third kappa shape index (κ3) is 4.26. The van der Waals surface area contributed by atoms with E-state index < -0.39 is 27.6 Å². The van der Waals surface area contributed by atoms with Gasteiger partial charge in [0.05, 0.1) is 25.0 Å². The molecule has 1 aliphatic heterocycles. The van der Waals surface area contributed by atoms with Crippen molar-refractivity contribution in [3.8, 4) is 5.88 Å². The highest BCUT2D eigenvalue weighted by Gasteiger charge is 2.32. The number of guanidine groups is 1. The Morgan fingerprint density at radius 3 is 2.66 bits per heavy atom. The molecule has 0 spiro atoms. The minimum absolute atomic E-state index is 0.0234. The Morgan fingerprint density at radius 1 is 1.12 bits per heavy atom. The molecular formula is C22H20F2N4O3S. The fourth-order valence-electron chi connectivity index (χ4n) is 3.49. The highest BCUT2D eigenvalue weighted by atomic mass is 32.2. The number of nitrogens with one attached hydrogen (secondary N) is 2. The standard InChI is InChI=1S/C22H20F2N4O3S/c1-13(17-7-4-8-19(26-17)31-2)20-16(24)9-10-18-21(20)27-22(28-32(18,29)30)25-12-14-5-3-6-15(23)11-14/h3-11,13H,12H2,1-2H3,(H2,25,27,28)/t13-/m1/s1. The quantitative estimate of drug-likeness (QED) is 0.607. The van der Waals surface area contributed by atoms with Gasteiger partial charge in [-0.1, -0.05) is 25.1 Å². The maximum absolute atomic E-state index is 15.0. The van der Waals surface area contributed by atoms with Crippen LogP contribution in [0.15, 0.2) is 64.5 Å². The normalized spacial score (nSPS) is 16.6. The summed E-state index contributed by atoms with van der Waals surface area (Å²) in [5.74, 6) is -1.33. The lowest BCUT2D eigenvalue weighted by atomic mass is 9.94. The van der Waals surface area contributed by atoms with Gasteiger partial charge >= 0.3 is 0 Å². The van der Waals surface area contributed by atoms with Gasteiger partial charge in [0.1, 0.15) is 16.5 Å². The van der Waals surface area contributed by atoms with E-state index >= 15 is 0 Å². The number of nitrogens with zero attached hydrogens (tertiary/aromatic N) is 2. The largest absolute Gasteiger partial charge is 0.481 e. The zero-order valence-corrected chi connectivity index (χ0v) is 18.1. The van der Waals surface area contributed by atoms with Crippen LogP contribution in [0.2, 0.25) is 0 Å². The fraction of sp³-hybridized carbons (Fsp3) is 0.182. The average Bonchev–Trinajstić information content (AvgIpc) is 2.76. The number of halogens is 2. The number of rotatable bonds is 5. The number of anilines is 1. The summed E-state index contributed by atoms with van der Waals surface area (Å²) in [4.78, 5) is 8.46. The van der Waals surface area contributed by atoms with Gasteiger partial charge in [0.2, 0.25) is 11.8 Å². The molecule has 32 heavy (non-hydrogen) atoms. The van der Waals surface area contributed by atoms with E-state index in [0.717, 1.165) is 6.07 Å². The number of ether oxygens (including phenoxy) is 1. The lowest BCUT2D eigenvalue weighted by Gasteiger charge is -2.26. The Morgan fingerprint density at radius 2 is 1.91 bits per heavy atom. The molecule has 166 valence electrons. The first kappa shape index (κ1) is 21.7. The van der Waals surface area contributed by atoms with E-state index in [9.17, 15) is 17.2 Å². The number of aromatic nitrogens is 1. The zero-order valence-electron chi connectivity index (χ0n) is 17.3. The van der Waals surface area contributed by atoms with Gasteiger partial charge in [-0.3, -0.25) is 0 Å². The maximum atomic E-state index is 15.0. The molecule has 0 saturated heterocycles. The van der Waals surface area contributed by atoms with Crippen LogP contribution < -0.4 is 14.8 Å². The van der Waals surface area contributed by atoms with Crippen LogP contribution in [0.1, 0.15) is 29.7 Å². The van der Waals surface area contributed by atoms with Gasteiger partial charge in [-0.25, -0.2) is 31.9 Å². The SMILES string of the molecule is COc1cccc([C@@H](C)c2c(F)ccc3c2NC(=NCc2cccc(F)c2)NS3(=O)=O)n1. The zero-order chi connectivity index (χ0) is 22.9. The minimum Gasteiger partial charge on any atom is -0.481 e. The number of aliphatic imine (C=N–C) groups is 1. The molecule has 0 fully saturated rings. The molecule has 1 aromatic heterocycles. The van der Waals surface area contributed by atoms with E-state index in [1.165, 1.54) is 31.4 Å². The summed E-state index contributed by atoms with van der Waals surface area (Å²) in [6.45, 7) is 1.75. The Labute approximate surface area is 184 Å². The number of hydrogen-bond donors (Lipinski definition) is 2. The van der Waals surface area contributed by atoms with Crippen molar-refractivity contribution in [2.75, 3.05) is 12.4 Å². The van der Waals surface area contributed by atoms with Gasteiger partial charge in [0.15, 0.2) is 0 Å². The van der Waals surface area contributed by atoms with Gasteiger partial charge in [-0.2, -0.15) is 0 Å². The number of benzene rings is 2. The van der Waals surface area contributed by atoms with E-state index in [4.69, 9.17) is 4.74 Å². The topological polar surface area (TPSA) is 92.7 Å². The van der Waals surface area contributed by atoms with Crippen LogP contribution in [-0.2, 0) is 16.6 Å². The van der Waals surface area contributed by atoms with Crippen molar-refractivity contribution >= 4 is 21.7 Å². The Hall–Kier alpha value is -3.53. The molecule has 1 aliphatic rings. The summed E-state index contributed by atoms with van der Waals surface area (Å²) in [5.41, 5.74) is 1.27. The molecule has 0 bridgehead atoms. The summed E-state index contributed by atoms with van der Waals surface area (Å²) in [6.07, 6.45) is 0. The molecule has 2 aromatic carbocycles. The van der Waals surface area contributed by atoms with Gasteiger partial charge in [0.25, 0.3) is 10.0 Å². The molecule has 4 rings (SSSR count). The van der Waals surface area contributed by atoms with Gasteiger partial charge in [-0.15, -0.1) is 0 Å². The molecule has 0 radical (unpaired) electrons. The van der Waals surface area contributed by atoms with Crippen LogP contribution in [0, 0.1) is 11.6 Å². The molecule has 0 saturated carbocycles. The summed E-state index contributed by atoms with van der Waals surface area (Å²) in [6, 6.07) is 13.2. The van der Waals surface area contributed by atoms with Crippen molar-refractivity contribution in [3.63, 3.8) is 0 Å². The molecule has 1 atom stereocenters. The molecule has 0 unspecified atom stereocenters. The number of methoxy groups -OCH3 is 1. The minimum atomic E-state index is -4.00. The number of hydrogen-bond acceptors (Lipinski definition) is 5. The lowest BCUT2D eigenvalue weighted by Crippen LogP contribution is -2.41. The van der Waals surface area contributed by atoms with Crippen molar-refractivity contribution in [2.45, 2.75) is 24.3 Å². The Balaban J connectivity index is 1.75. The second-order valence-corrected chi connectivity index (χ2v) is 8.84. The van der Waals surface area contributed by atoms with Crippen molar-refractivity contribution in [1.82, 2.24) is 9.71 Å². The number of sulfonamides is 1. The van der Waals surface area contributed by atoms with Crippen LogP contribution in [0.5, 0.6) is 5.88 Å². The highest BCUT2D eigenvalue weighted by Crippen LogP contribution is 2.37. The van der Waals surface area contributed by atoms with Crippen molar-refractivity contribution in [3.05, 3.63) is 83.1 Å². The molecule has 0 aliphatic carbocycles. The molecule has 7 nitrogen and oxygen atoms in total. The summed E-state index contributed by atoms with van der Waals surface area (Å²) < 4.78 is 61.5. The first-order valence-electron chi connectivity index (χ1n) is 9.70. The Bertz CT molecular complexity index is 1310. The van der Waals surface area contributed by atoms with Crippen molar-refractivity contribution in [2.24, 2.45) is 4.99 Å². The fourth-order valence-corrected chi connectivity index (χ4v) is 4.64. The van der Waals surface area contributed by atoms with Crippen LogP contribution in [0.4, 0.5) is 14.5 Å². The first-order chi connectivity index (χ1) is 15.3. The van der Waals surface area contributed by atoms with Crippen LogP contribution >= 0.6 is 0 Å². The first-order valence-corrected chi connectivity index (χ1v) is 11.2. The van der Waals surface area contributed by atoms with E-state index in [-0.39, 0.29) is 28.7 Å². The second kappa shape index (κ2) is 8.54. The summed E-state index contributed by atoms with van der Waals surface area (Å²) >= 11 is 0. The smallest absolute Gasteiger partial charge is 0.266 e.